The number of rotatable bonds is 5. The van der Waals surface area contributed by atoms with Crippen LogP contribution in [0.1, 0.15) is 36.1 Å². The molecule has 3 nitrogen and oxygen atoms in total. The zero-order chi connectivity index (χ0) is 17.0. The van der Waals surface area contributed by atoms with Gasteiger partial charge in [-0.2, -0.15) is 0 Å². The van der Waals surface area contributed by atoms with Crippen molar-refractivity contribution in [2.45, 2.75) is 45.7 Å². The second-order valence-corrected chi connectivity index (χ2v) is 6.64. The third-order valence-electron chi connectivity index (χ3n) is 4.05. The standard InChI is InChI=1S/C20H26N2O.ClH/c1-14-10-15(2)12-17(11-14)13-16(3)22-19(23)20(4,21)18-8-6-5-7-9-18;/h5-12,16H,13,21H2,1-4H3,(H,22,23);1H. The Hall–Kier alpha value is -1.84. The van der Waals surface area contributed by atoms with Gasteiger partial charge < -0.3 is 11.1 Å². The molecule has 0 heterocycles. The van der Waals surface area contributed by atoms with Crippen molar-refractivity contribution in [2.75, 3.05) is 0 Å². The van der Waals surface area contributed by atoms with Gasteiger partial charge in [-0.15, -0.1) is 12.4 Å². The van der Waals surface area contributed by atoms with Crippen molar-refractivity contribution in [1.29, 1.82) is 0 Å². The third kappa shape index (κ3) is 5.08. The van der Waals surface area contributed by atoms with Gasteiger partial charge in [0.25, 0.3) is 0 Å². The minimum absolute atomic E-state index is 0. The summed E-state index contributed by atoms with van der Waals surface area (Å²) in [6.07, 6.45) is 0.791. The molecular formula is C20H27ClN2O. The molecule has 0 saturated carbocycles. The summed E-state index contributed by atoms with van der Waals surface area (Å²) >= 11 is 0. The van der Waals surface area contributed by atoms with Crippen LogP contribution in [0, 0.1) is 13.8 Å². The maximum Gasteiger partial charge on any atom is 0.244 e. The Morgan fingerprint density at radius 2 is 1.67 bits per heavy atom. The van der Waals surface area contributed by atoms with E-state index in [2.05, 4.69) is 37.4 Å². The largest absolute Gasteiger partial charge is 0.351 e. The Morgan fingerprint density at radius 1 is 1.12 bits per heavy atom. The Balaban J connectivity index is 0.00000288. The lowest BCUT2D eigenvalue weighted by Gasteiger charge is -2.26. The van der Waals surface area contributed by atoms with Gasteiger partial charge in [0.05, 0.1) is 0 Å². The van der Waals surface area contributed by atoms with Gasteiger partial charge in [0, 0.05) is 6.04 Å². The molecule has 24 heavy (non-hydrogen) atoms. The second-order valence-electron chi connectivity index (χ2n) is 6.64. The molecule has 2 aromatic carbocycles. The van der Waals surface area contributed by atoms with Crippen molar-refractivity contribution < 1.29 is 4.79 Å². The molecular weight excluding hydrogens is 320 g/mol. The summed E-state index contributed by atoms with van der Waals surface area (Å²) in [5.41, 5.74) is 9.76. The first-order valence-electron chi connectivity index (χ1n) is 8.01. The van der Waals surface area contributed by atoms with Crippen LogP contribution >= 0.6 is 12.4 Å². The quantitative estimate of drug-likeness (QED) is 0.868. The van der Waals surface area contributed by atoms with E-state index < -0.39 is 5.54 Å². The number of nitrogens with two attached hydrogens (primary N) is 1. The van der Waals surface area contributed by atoms with E-state index in [1.54, 1.807) is 6.92 Å². The van der Waals surface area contributed by atoms with Crippen molar-refractivity contribution in [2.24, 2.45) is 5.73 Å². The molecule has 0 saturated heterocycles. The van der Waals surface area contributed by atoms with Crippen molar-refractivity contribution in [3.8, 4) is 0 Å². The summed E-state index contributed by atoms with van der Waals surface area (Å²) in [5, 5.41) is 3.04. The Morgan fingerprint density at radius 3 is 2.21 bits per heavy atom. The molecule has 0 fully saturated rings. The number of amides is 1. The van der Waals surface area contributed by atoms with Gasteiger partial charge in [0.15, 0.2) is 0 Å². The van der Waals surface area contributed by atoms with Crippen LogP contribution in [0.3, 0.4) is 0 Å². The van der Waals surface area contributed by atoms with Crippen LogP contribution < -0.4 is 11.1 Å². The number of carbonyl (C=O) groups is 1. The third-order valence-corrected chi connectivity index (χ3v) is 4.05. The lowest BCUT2D eigenvalue weighted by atomic mass is 9.91. The maximum atomic E-state index is 12.6. The molecule has 0 radical (unpaired) electrons. The highest BCUT2D eigenvalue weighted by molar-refractivity contribution is 5.87. The zero-order valence-electron chi connectivity index (χ0n) is 14.8. The zero-order valence-corrected chi connectivity index (χ0v) is 15.6. The number of hydrogen-bond donors (Lipinski definition) is 2. The van der Waals surface area contributed by atoms with Crippen LogP contribution in [0.2, 0.25) is 0 Å². The topological polar surface area (TPSA) is 55.1 Å². The van der Waals surface area contributed by atoms with Crippen molar-refractivity contribution >= 4 is 18.3 Å². The predicted octanol–water partition coefficient (Wildman–Crippen LogP) is 3.65. The van der Waals surface area contributed by atoms with Crippen LogP contribution in [0.25, 0.3) is 0 Å². The van der Waals surface area contributed by atoms with Crippen LogP contribution in [-0.2, 0) is 16.8 Å². The van der Waals surface area contributed by atoms with E-state index in [0.29, 0.717) is 0 Å². The number of halogens is 1. The summed E-state index contributed by atoms with van der Waals surface area (Å²) in [7, 11) is 0. The molecule has 2 rings (SSSR count). The molecule has 0 bridgehead atoms. The first-order valence-corrected chi connectivity index (χ1v) is 8.01. The summed E-state index contributed by atoms with van der Waals surface area (Å²) in [6.45, 7) is 7.94. The average Bonchev–Trinajstić information content (AvgIpc) is 2.46. The fourth-order valence-electron chi connectivity index (χ4n) is 2.88. The number of nitrogens with one attached hydrogen (secondary N) is 1. The summed E-state index contributed by atoms with van der Waals surface area (Å²) in [5.74, 6) is -0.152. The SMILES string of the molecule is Cc1cc(C)cc(CC(C)NC(=O)C(C)(N)c2ccccc2)c1.Cl. The Bertz CT molecular complexity index is 663. The van der Waals surface area contributed by atoms with Gasteiger partial charge in [0.1, 0.15) is 5.54 Å². The molecule has 2 aromatic rings. The number of hydrogen-bond acceptors (Lipinski definition) is 2. The molecule has 0 aliphatic carbocycles. The molecule has 0 aliphatic heterocycles. The molecule has 0 spiro atoms. The van der Waals surface area contributed by atoms with Crippen LogP contribution in [-0.4, -0.2) is 11.9 Å². The molecule has 0 aromatic heterocycles. The van der Waals surface area contributed by atoms with E-state index in [-0.39, 0.29) is 24.4 Å². The Labute approximate surface area is 151 Å². The molecule has 2 atom stereocenters. The first-order chi connectivity index (χ1) is 10.8. The molecule has 4 heteroatoms. The summed E-state index contributed by atoms with van der Waals surface area (Å²) < 4.78 is 0. The smallest absolute Gasteiger partial charge is 0.244 e. The highest BCUT2D eigenvalue weighted by Gasteiger charge is 2.31. The van der Waals surface area contributed by atoms with Gasteiger partial charge in [-0.25, -0.2) is 0 Å². The molecule has 130 valence electrons. The van der Waals surface area contributed by atoms with Crippen LogP contribution in [0.4, 0.5) is 0 Å². The molecule has 2 unspecified atom stereocenters. The molecule has 3 N–H and O–H groups in total. The van der Waals surface area contributed by atoms with Crippen molar-refractivity contribution in [3.05, 3.63) is 70.8 Å². The number of aryl methyl sites for hydroxylation is 2. The van der Waals surface area contributed by atoms with E-state index in [4.69, 9.17) is 5.73 Å². The highest BCUT2D eigenvalue weighted by atomic mass is 35.5. The fourth-order valence-corrected chi connectivity index (χ4v) is 2.88. The monoisotopic (exact) mass is 346 g/mol. The van der Waals surface area contributed by atoms with E-state index in [9.17, 15) is 4.79 Å². The fraction of sp³-hybridized carbons (Fsp3) is 0.350. The lowest BCUT2D eigenvalue weighted by molar-refractivity contribution is -0.126. The van der Waals surface area contributed by atoms with Crippen LogP contribution in [0.5, 0.6) is 0 Å². The van der Waals surface area contributed by atoms with Crippen LogP contribution in [0.15, 0.2) is 48.5 Å². The Kier molecular flexibility index (Phi) is 7.00. The van der Waals surface area contributed by atoms with E-state index in [0.717, 1.165) is 12.0 Å². The van der Waals surface area contributed by atoms with Crippen molar-refractivity contribution in [1.82, 2.24) is 5.32 Å². The minimum Gasteiger partial charge on any atom is -0.351 e. The minimum atomic E-state index is -1.03. The van der Waals surface area contributed by atoms with Gasteiger partial charge in [-0.1, -0.05) is 59.7 Å². The molecule has 0 aliphatic rings. The van der Waals surface area contributed by atoms with E-state index in [1.165, 1.54) is 16.7 Å². The highest BCUT2D eigenvalue weighted by Crippen LogP contribution is 2.18. The maximum absolute atomic E-state index is 12.6. The predicted molar refractivity (Wildman–Crippen MR) is 102 cm³/mol. The number of benzene rings is 2. The average molecular weight is 347 g/mol. The lowest BCUT2D eigenvalue weighted by Crippen LogP contribution is -2.51. The van der Waals surface area contributed by atoms with E-state index in [1.807, 2.05) is 37.3 Å². The molecule has 1 amide bonds. The summed E-state index contributed by atoms with van der Waals surface area (Å²) in [6, 6.07) is 16.0. The van der Waals surface area contributed by atoms with E-state index >= 15 is 0 Å². The van der Waals surface area contributed by atoms with Gasteiger partial charge in [0.2, 0.25) is 5.91 Å². The van der Waals surface area contributed by atoms with Gasteiger partial charge in [-0.3, -0.25) is 4.79 Å². The first kappa shape index (κ1) is 20.2. The summed E-state index contributed by atoms with van der Waals surface area (Å²) in [4.78, 5) is 12.6. The normalized spacial score (nSPS) is 14.2. The number of carbonyl (C=O) groups excluding carboxylic acids is 1. The van der Waals surface area contributed by atoms with Gasteiger partial charge in [-0.05, 0) is 45.2 Å². The van der Waals surface area contributed by atoms with Gasteiger partial charge >= 0.3 is 0 Å². The second kappa shape index (κ2) is 8.32. The van der Waals surface area contributed by atoms with Crippen molar-refractivity contribution in [3.63, 3.8) is 0 Å².